The number of rotatable bonds is 8. The van der Waals surface area contributed by atoms with Crippen LogP contribution in [0.15, 0.2) is 24.3 Å². The molecule has 0 saturated heterocycles. The first-order chi connectivity index (χ1) is 8.96. The smallest absolute Gasteiger partial charge is 0.119 e. The van der Waals surface area contributed by atoms with Crippen LogP contribution >= 0.6 is 11.6 Å². The Morgan fingerprint density at radius 1 is 1.32 bits per heavy atom. The number of hydrazine groups is 1. The summed E-state index contributed by atoms with van der Waals surface area (Å²) in [6.45, 7) is 4.62. The van der Waals surface area contributed by atoms with Gasteiger partial charge in [0.05, 0.1) is 11.6 Å². The third kappa shape index (κ3) is 6.25. The molecule has 1 atom stereocenters. The van der Waals surface area contributed by atoms with Crippen molar-refractivity contribution in [3.05, 3.63) is 29.3 Å². The van der Waals surface area contributed by atoms with Crippen molar-refractivity contribution in [1.82, 2.24) is 5.43 Å². The van der Waals surface area contributed by atoms with Gasteiger partial charge in [0, 0.05) is 12.1 Å². The van der Waals surface area contributed by atoms with Crippen LogP contribution in [0.5, 0.6) is 5.75 Å². The molecule has 1 rings (SSSR count). The Labute approximate surface area is 120 Å². The molecule has 0 saturated carbocycles. The monoisotopic (exact) mass is 286 g/mol. The highest BCUT2D eigenvalue weighted by Crippen LogP contribution is 2.18. The van der Waals surface area contributed by atoms with Gasteiger partial charge in [0.2, 0.25) is 0 Å². The summed E-state index contributed by atoms with van der Waals surface area (Å²) in [5, 5.41) is 0.697. The predicted molar refractivity (Wildman–Crippen MR) is 78.4 cm³/mol. The number of hydrogen-bond acceptors (Lipinski definition) is 4. The molecule has 108 valence electrons. The number of hydrogen-bond donors (Lipinski definition) is 2. The molecule has 0 aliphatic carbocycles. The third-order valence-corrected chi connectivity index (χ3v) is 3.40. The first kappa shape index (κ1) is 16.2. The largest absolute Gasteiger partial charge is 0.492 e. The third-order valence-electron chi connectivity index (χ3n) is 3.15. The lowest BCUT2D eigenvalue weighted by molar-refractivity contribution is 0.0106. The van der Waals surface area contributed by atoms with E-state index in [-0.39, 0.29) is 11.6 Å². The Balaban J connectivity index is 2.38. The van der Waals surface area contributed by atoms with Crippen LogP contribution in [0.2, 0.25) is 5.02 Å². The second-order valence-corrected chi connectivity index (χ2v) is 5.57. The molecule has 3 N–H and O–H groups in total. The van der Waals surface area contributed by atoms with Gasteiger partial charge in [0.1, 0.15) is 12.4 Å². The molecule has 4 nitrogen and oxygen atoms in total. The normalized spacial score (nSPS) is 13.3. The summed E-state index contributed by atoms with van der Waals surface area (Å²) in [6, 6.07) is 7.38. The van der Waals surface area contributed by atoms with E-state index >= 15 is 0 Å². The molecule has 0 amide bonds. The summed E-state index contributed by atoms with van der Waals surface area (Å²) in [4.78, 5) is 0. The van der Waals surface area contributed by atoms with Crippen molar-refractivity contribution in [2.24, 2.45) is 5.84 Å². The van der Waals surface area contributed by atoms with Crippen molar-refractivity contribution < 1.29 is 9.47 Å². The van der Waals surface area contributed by atoms with E-state index in [1.54, 1.807) is 19.2 Å². The maximum atomic E-state index is 5.82. The van der Waals surface area contributed by atoms with Crippen molar-refractivity contribution in [2.45, 2.75) is 38.3 Å². The van der Waals surface area contributed by atoms with Crippen molar-refractivity contribution >= 4 is 11.6 Å². The summed E-state index contributed by atoms with van der Waals surface area (Å²) in [6.07, 6.45) is 1.78. The second kappa shape index (κ2) is 7.70. The highest BCUT2D eigenvalue weighted by atomic mass is 35.5. The van der Waals surface area contributed by atoms with E-state index in [2.05, 4.69) is 19.3 Å². The molecule has 0 radical (unpaired) electrons. The van der Waals surface area contributed by atoms with Gasteiger partial charge in [-0.15, -0.1) is 0 Å². The van der Waals surface area contributed by atoms with Crippen LogP contribution in [0.25, 0.3) is 0 Å². The summed E-state index contributed by atoms with van der Waals surface area (Å²) in [5.41, 5.74) is 2.63. The van der Waals surface area contributed by atoms with E-state index < -0.39 is 0 Å². The van der Waals surface area contributed by atoms with Gasteiger partial charge in [-0.25, -0.2) is 0 Å². The van der Waals surface area contributed by atoms with Crippen LogP contribution in [0.1, 0.15) is 26.7 Å². The van der Waals surface area contributed by atoms with Gasteiger partial charge in [0.25, 0.3) is 0 Å². The standard InChI is InChI=1S/C14H23ClN2O2/c1-14(2,18-3)9-8-12(17-16)10-19-13-6-4-11(15)5-7-13/h4-7,12,17H,8-10,16H2,1-3H3. The molecule has 0 bridgehead atoms. The summed E-state index contributed by atoms with van der Waals surface area (Å²) in [7, 11) is 1.72. The van der Waals surface area contributed by atoms with Gasteiger partial charge in [-0.3, -0.25) is 11.3 Å². The maximum Gasteiger partial charge on any atom is 0.119 e. The van der Waals surface area contributed by atoms with Crippen LogP contribution in [0.4, 0.5) is 0 Å². The van der Waals surface area contributed by atoms with Crippen LogP contribution in [0.3, 0.4) is 0 Å². The minimum absolute atomic E-state index is 0.0881. The minimum Gasteiger partial charge on any atom is -0.492 e. The van der Waals surface area contributed by atoms with Gasteiger partial charge in [-0.2, -0.15) is 0 Å². The molecule has 19 heavy (non-hydrogen) atoms. The minimum atomic E-state index is -0.143. The first-order valence-electron chi connectivity index (χ1n) is 6.36. The first-order valence-corrected chi connectivity index (χ1v) is 6.74. The molecule has 0 aliphatic heterocycles. The van der Waals surface area contributed by atoms with Gasteiger partial charge in [0.15, 0.2) is 0 Å². The van der Waals surface area contributed by atoms with E-state index in [1.807, 2.05) is 12.1 Å². The number of nitrogens with two attached hydrogens (primary N) is 1. The Bertz CT molecular complexity index is 368. The Morgan fingerprint density at radius 3 is 2.47 bits per heavy atom. The number of nitrogens with one attached hydrogen (secondary N) is 1. The van der Waals surface area contributed by atoms with Crippen molar-refractivity contribution in [2.75, 3.05) is 13.7 Å². The van der Waals surface area contributed by atoms with Crippen molar-refractivity contribution in [3.8, 4) is 5.75 Å². The zero-order valence-electron chi connectivity index (χ0n) is 11.8. The number of halogens is 1. The van der Waals surface area contributed by atoms with Crippen molar-refractivity contribution in [3.63, 3.8) is 0 Å². The highest BCUT2D eigenvalue weighted by Gasteiger charge is 2.19. The molecule has 0 aromatic heterocycles. The van der Waals surface area contributed by atoms with Gasteiger partial charge in [-0.05, 0) is 51.0 Å². The fourth-order valence-corrected chi connectivity index (χ4v) is 1.69. The van der Waals surface area contributed by atoms with Gasteiger partial charge in [-0.1, -0.05) is 11.6 Å². The quantitative estimate of drug-likeness (QED) is 0.570. The predicted octanol–water partition coefficient (Wildman–Crippen LogP) is 2.76. The highest BCUT2D eigenvalue weighted by molar-refractivity contribution is 6.30. The van der Waals surface area contributed by atoms with E-state index in [0.29, 0.717) is 11.6 Å². The Kier molecular flexibility index (Phi) is 6.58. The zero-order valence-corrected chi connectivity index (χ0v) is 12.5. The molecular formula is C14H23ClN2O2. The van der Waals surface area contributed by atoms with E-state index in [9.17, 15) is 0 Å². The fourth-order valence-electron chi connectivity index (χ4n) is 1.57. The molecule has 0 fully saturated rings. The van der Waals surface area contributed by atoms with Crippen LogP contribution in [-0.4, -0.2) is 25.4 Å². The summed E-state index contributed by atoms with van der Waals surface area (Å²) < 4.78 is 11.1. The average molecular weight is 287 g/mol. The topological polar surface area (TPSA) is 56.5 Å². The van der Waals surface area contributed by atoms with Crippen LogP contribution in [0, 0.1) is 0 Å². The second-order valence-electron chi connectivity index (χ2n) is 5.13. The molecule has 0 heterocycles. The molecule has 1 aromatic carbocycles. The van der Waals surface area contributed by atoms with E-state index in [4.69, 9.17) is 26.9 Å². The molecule has 1 unspecified atom stereocenters. The molecule has 0 spiro atoms. The van der Waals surface area contributed by atoms with E-state index in [0.717, 1.165) is 18.6 Å². The number of benzene rings is 1. The van der Waals surface area contributed by atoms with E-state index in [1.165, 1.54) is 0 Å². The summed E-state index contributed by atoms with van der Waals surface area (Å²) >= 11 is 5.82. The maximum absolute atomic E-state index is 5.82. The molecule has 1 aromatic rings. The lowest BCUT2D eigenvalue weighted by atomic mass is 9.99. The number of methoxy groups -OCH3 is 1. The molecule has 5 heteroatoms. The van der Waals surface area contributed by atoms with Crippen LogP contribution < -0.4 is 16.0 Å². The van der Waals surface area contributed by atoms with Crippen molar-refractivity contribution in [1.29, 1.82) is 0 Å². The SMILES string of the molecule is COC(C)(C)CCC(COc1ccc(Cl)cc1)NN. The zero-order chi connectivity index (χ0) is 14.3. The number of ether oxygens (including phenoxy) is 2. The average Bonchev–Trinajstić information content (AvgIpc) is 2.41. The Hall–Kier alpha value is -0.810. The lowest BCUT2D eigenvalue weighted by Crippen LogP contribution is -2.41. The molecule has 0 aliphatic rings. The fraction of sp³-hybridized carbons (Fsp3) is 0.571. The van der Waals surface area contributed by atoms with Crippen LogP contribution in [-0.2, 0) is 4.74 Å². The molecular weight excluding hydrogens is 264 g/mol. The summed E-state index contributed by atoms with van der Waals surface area (Å²) in [5.74, 6) is 6.33. The Morgan fingerprint density at radius 2 is 1.95 bits per heavy atom. The van der Waals surface area contributed by atoms with Gasteiger partial charge < -0.3 is 9.47 Å². The lowest BCUT2D eigenvalue weighted by Gasteiger charge is -2.25. The van der Waals surface area contributed by atoms with Gasteiger partial charge >= 0.3 is 0 Å².